The Balaban J connectivity index is 1.75. The second kappa shape index (κ2) is 5.60. The van der Waals surface area contributed by atoms with Gasteiger partial charge in [0, 0.05) is 48.9 Å². The minimum absolute atomic E-state index is 0.300. The van der Waals surface area contributed by atoms with Crippen molar-refractivity contribution in [2.45, 2.75) is 19.9 Å². The molecule has 0 bridgehead atoms. The second-order valence-corrected chi connectivity index (χ2v) is 6.80. The maximum atomic E-state index is 12.3. The summed E-state index contributed by atoms with van der Waals surface area (Å²) in [5.74, 6) is -0.609. The summed E-state index contributed by atoms with van der Waals surface area (Å²) in [7, 11) is 0. The summed E-state index contributed by atoms with van der Waals surface area (Å²) in [5, 5.41) is 4.17. The molecular formula is C19H21N3O2. The van der Waals surface area contributed by atoms with Crippen molar-refractivity contribution < 1.29 is 9.59 Å². The van der Waals surface area contributed by atoms with Gasteiger partial charge in [0.1, 0.15) is 0 Å². The second-order valence-electron chi connectivity index (χ2n) is 6.80. The van der Waals surface area contributed by atoms with E-state index in [0.29, 0.717) is 17.2 Å². The van der Waals surface area contributed by atoms with Crippen LogP contribution in [0.4, 0.5) is 5.69 Å². The van der Waals surface area contributed by atoms with Gasteiger partial charge in [-0.15, -0.1) is 0 Å². The summed E-state index contributed by atoms with van der Waals surface area (Å²) in [6.45, 7) is 8.38. The highest BCUT2D eigenvalue weighted by Gasteiger charge is 2.27. The molecule has 0 atom stereocenters. The standard InChI is InChI=1S/C19H21N3O2/c1-12(2)21-6-8-22(9-7-21)14-10-13-4-3-5-15-17(13)16(11-14)19(24)20-18(15)23/h3-5,10-12H,6-9H2,1-2H3,(H,20,23,24). The molecule has 124 valence electrons. The van der Waals surface area contributed by atoms with E-state index < -0.39 is 0 Å². The maximum absolute atomic E-state index is 12.3. The van der Waals surface area contributed by atoms with Gasteiger partial charge < -0.3 is 4.90 Å². The highest BCUT2D eigenvalue weighted by molar-refractivity contribution is 6.26. The summed E-state index contributed by atoms with van der Waals surface area (Å²) in [5.41, 5.74) is 2.24. The minimum Gasteiger partial charge on any atom is -0.369 e. The van der Waals surface area contributed by atoms with Crippen molar-refractivity contribution in [1.29, 1.82) is 0 Å². The van der Waals surface area contributed by atoms with Crippen molar-refractivity contribution in [3.8, 4) is 0 Å². The fourth-order valence-corrected chi connectivity index (χ4v) is 3.70. The van der Waals surface area contributed by atoms with Gasteiger partial charge in [-0.2, -0.15) is 0 Å². The summed E-state index contributed by atoms with van der Waals surface area (Å²) in [4.78, 5) is 29.1. The first kappa shape index (κ1) is 15.1. The number of hydrogen-bond acceptors (Lipinski definition) is 4. The molecule has 0 unspecified atom stereocenters. The van der Waals surface area contributed by atoms with E-state index in [0.717, 1.165) is 42.6 Å². The van der Waals surface area contributed by atoms with Gasteiger partial charge in [0.2, 0.25) is 0 Å². The Morgan fingerprint density at radius 2 is 1.67 bits per heavy atom. The van der Waals surface area contributed by atoms with Gasteiger partial charge in [-0.25, -0.2) is 0 Å². The SMILES string of the molecule is CC(C)N1CCN(c2cc3c4c(cccc4c2)C(=O)NC3=O)CC1. The average molecular weight is 323 g/mol. The smallest absolute Gasteiger partial charge is 0.258 e. The van der Waals surface area contributed by atoms with Crippen LogP contribution in [-0.2, 0) is 0 Å². The molecule has 2 aromatic rings. The molecule has 2 heterocycles. The lowest BCUT2D eigenvalue weighted by Gasteiger charge is -2.38. The molecule has 0 radical (unpaired) electrons. The van der Waals surface area contributed by atoms with E-state index in [-0.39, 0.29) is 11.8 Å². The Hall–Kier alpha value is -2.40. The lowest BCUT2D eigenvalue weighted by Crippen LogP contribution is -2.49. The lowest BCUT2D eigenvalue weighted by atomic mass is 9.94. The van der Waals surface area contributed by atoms with Crippen LogP contribution in [0.2, 0.25) is 0 Å². The number of nitrogens with zero attached hydrogens (tertiary/aromatic N) is 2. The summed E-state index contributed by atoms with van der Waals surface area (Å²) in [6.07, 6.45) is 0. The minimum atomic E-state index is -0.309. The van der Waals surface area contributed by atoms with E-state index in [2.05, 4.69) is 35.0 Å². The monoisotopic (exact) mass is 323 g/mol. The van der Waals surface area contributed by atoms with Gasteiger partial charge in [-0.3, -0.25) is 19.8 Å². The summed E-state index contributed by atoms with van der Waals surface area (Å²) >= 11 is 0. The van der Waals surface area contributed by atoms with E-state index in [1.54, 1.807) is 6.07 Å². The number of carbonyl (C=O) groups is 2. The van der Waals surface area contributed by atoms with Crippen LogP contribution in [-0.4, -0.2) is 48.9 Å². The first-order valence-corrected chi connectivity index (χ1v) is 8.46. The van der Waals surface area contributed by atoms with Gasteiger partial charge in [0.25, 0.3) is 11.8 Å². The molecule has 5 heteroatoms. The van der Waals surface area contributed by atoms with Crippen LogP contribution >= 0.6 is 0 Å². The number of nitrogens with one attached hydrogen (secondary N) is 1. The number of rotatable bonds is 2. The Morgan fingerprint density at radius 1 is 0.958 bits per heavy atom. The first-order valence-electron chi connectivity index (χ1n) is 8.46. The largest absolute Gasteiger partial charge is 0.369 e. The molecule has 2 aromatic carbocycles. The molecule has 2 aliphatic rings. The quantitative estimate of drug-likeness (QED) is 0.861. The van der Waals surface area contributed by atoms with E-state index in [1.165, 1.54) is 0 Å². The van der Waals surface area contributed by atoms with Gasteiger partial charge >= 0.3 is 0 Å². The zero-order chi connectivity index (χ0) is 16.8. The van der Waals surface area contributed by atoms with Crippen LogP contribution in [0.15, 0.2) is 30.3 Å². The van der Waals surface area contributed by atoms with Crippen molar-refractivity contribution in [2.75, 3.05) is 31.1 Å². The van der Waals surface area contributed by atoms with Crippen molar-refractivity contribution in [3.63, 3.8) is 0 Å². The van der Waals surface area contributed by atoms with Crippen LogP contribution in [0.1, 0.15) is 34.6 Å². The van der Waals surface area contributed by atoms with E-state index in [4.69, 9.17) is 0 Å². The third-order valence-corrected chi connectivity index (χ3v) is 5.09. The lowest BCUT2D eigenvalue weighted by molar-refractivity contribution is 0.0845. The molecule has 4 rings (SSSR count). The fraction of sp³-hybridized carbons (Fsp3) is 0.368. The van der Waals surface area contributed by atoms with Gasteiger partial charge in [-0.1, -0.05) is 12.1 Å². The third-order valence-electron chi connectivity index (χ3n) is 5.09. The van der Waals surface area contributed by atoms with Crippen LogP contribution in [0.25, 0.3) is 10.8 Å². The average Bonchev–Trinajstić information content (AvgIpc) is 2.59. The normalized spacial score (nSPS) is 18.4. The Kier molecular flexibility index (Phi) is 3.53. The number of imide groups is 1. The zero-order valence-corrected chi connectivity index (χ0v) is 14.0. The molecule has 0 spiro atoms. The summed E-state index contributed by atoms with van der Waals surface area (Å²) in [6, 6.07) is 10.2. The number of amides is 2. The number of piperazine rings is 1. The van der Waals surface area contributed by atoms with Crippen molar-refractivity contribution >= 4 is 28.3 Å². The molecule has 5 nitrogen and oxygen atoms in total. The molecule has 0 saturated carbocycles. The molecule has 0 aliphatic carbocycles. The molecule has 2 aliphatic heterocycles. The topological polar surface area (TPSA) is 52.6 Å². The summed E-state index contributed by atoms with van der Waals surface area (Å²) < 4.78 is 0. The maximum Gasteiger partial charge on any atom is 0.258 e. The van der Waals surface area contributed by atoms with Crippen LogP contribution in [0.5, 0.6) is 0 Å². The molecule has 24 heavy (non-hydrogen) atoms. The predicted octanol–water partition coefficient (Wildman–Crippen LogP) is 2.25. The molecule has 1 fully saturated rings. The third kappa shape index (κ3) is 2.36. The molecule has 1 saturated heterocycles. The Morgan fingerprint density at radius 3 is 2.38 bits per heavy atom. The number of anilines is 1. The van der Waals surface area contributed by atoms with Gasteiger partial charge in [0.05, 0.1) is 5.56 Å². The van der Waals surface area contributed by atoms with E-state index in [9.17, 15) is 9.59 Å². The fourth-order valence-electron chi connectivity index (χ4n) is 3.70. The zero-order valence-electron chi connectivity index (χ0n) is 14.0. The first-order chi connectivity index (χ1) is 11.5. The number of benzene rings is 2. The van der Waals surface area contributed by atoms with E-state index in [1.807, 2.05) is 18.2 Å². The van der Waals surface area contributed by atoms with Crippen LogP contribution in [0, 0.1) is 0 Å². The van der Waals surface area contributed by atoms with Crippen molar-refractivity contribution in [1.82, 2.24) is 10.2 Å². The Bertz CT molecular complexity index is 836. The highest BCUT2D eigenvalue weighted by Crippen LogP contribution is 2.31. The van der Waals surface area contributed by atoms with Crippen LogP contribution < -0.4 is 10.2 Å². The van der Waals surface area contributed by atoms with Crippen molar-refractivity contribution in [3.05, 3.63) is 41.5 Å². The van der Waals surface area contributed by atoms with Crippen LogP contribution in [0.3, 0.4) is 0 Å². The molecule has 0 aromatic heterocycles. The Labute approximate surface area is 141 Å². The molecular weight excluding hydrogens is 302 g/mol. The highest BCUT2D eigenvalue weighted by atomic mass is 16.2. The number of hydrogen-bond donors (Lipinski definition) is 1. The number of carbonyl (C=O) groups excluding carboxylic acids is 2. The molecule has 2 amide bonds. The van der Waals surface area contributed by atoms with E-state index >= 15 is 0 Å². The molecule has 1 N–H and O–H groups in total. The van der Waals surface area contributed by atoms with Crippen molar-refractivity contribution in [2.24, 2.45) is 0 Å². The predicted molar refractivity (Wildman–Crippen MR) is 94.7 cm³/mol. The van der Waals surface area contributed by atoms with Gasteiger partial charge in [-0.05, 0) is 37.4 Å². The van der Waals surface area contributed by atoms with Gasteiger partial charge in [0.15, 0.2) is 0 Å².